The van der Waals surface area contributed by atoms with Crippen LogP contribution in [0.5, 0.6) is 0 Å². The zero-order valence-corrected chi connectivity index (χ0v) is 12.9. The van der Waals surface area contributed by atoms with Gasteiger partial charge in [0, 0.05) is 5.02 Å². The number of benzene rings is 1. The van der Waals surface area contributed by atoms with Crippen LogP contribution < -0.4 is 15.5 Å². The third-order valence-electron chi connectivity index (χ3n) is 3.10. The van der Waals surface area contributed by atoms with Crippen LogP contribution in [0.25, 0.3) is 0 Å². The molecule has 4 amide bonds. The van der Waals surface area contributed by atoms with Crippen molar-refractivity contribution in [3.05, 3.63) is 29.3 Å². The highest BCUT2D eigenvalue weighted by Gasteiger charge is 2.69. The van der Waals surface area contributed by atoms with Crippen molar-refractivity contribution >= 4 is 35.3 Å². The van der Waals surface area contributed by atoms with E-state index in [1.807, 2.05) is 0 Å². The van der Waals surface area contributed by atoms with Crippen molar-refractivity contribution in [2.24, 2.45) is 0 Å². The quantitative estimate of drug-likeness (QED) is 0.805. The third-order valence-corrected chi connectivity index (χ3v) is 3.35. The Morgan fingerprint density at radius 1 is 1.33 bits per heavy atom. The molecular weight excluding hydrogens is 355 g/mol. The van der Waals surface area contributed by atoms with Gasteiger partial charge in [0.25, 0.3) is 11.6 Å². The molecule has 2 rings (SSSR count). The second-order valence-corrected chi connectivity index (χ2v) is 5.08. The maximum Gasteiger partial charge on any atom is 0.440 e. The molecule has 1 aliphatic heterocycles. The number of anilines is 1. The second kappa shape index (κ2) is 6.19. The van der Waals surface area contributed by atoms with Crippen molar-refractivity contribution in [1.29, 1.82) is 0 Å². The number of imide groups is 1. The first-order valence-corrected chi connectivity index (χ1v) is 6.94. The molecule has 7 nitrogen and oxygen atoms in total. The van der Waals surface area contributed by atoms with Crippen molar-refractivity contribution in [2.45, 2.75) is 18.8 Å². The SMILES string of the molecule is CCOC(=O)NC1(C(F)(F)F)NC(=O)N(c2ccc(Cl)cc2)C1=O. The Morgan fingerprint density at radius 2 is 1.92 bits per heavy atom. The minimum absolute atomic E-state index is 0.140. The van der Waals surface area contributed by atoms with Crippen LogP contribution in [-0.4, -0.2) is 36.5 Å². The molecule has 0 spiro atoms. The van der Waals surface area contributed by atoms with Gasteiger partial charge in [-0.3, -0.25) is 15.4 Å². The molecule has 2 N–H and O–H groups in total. The average Bonchev–Trinajstić information content (AvgIpc) is 2.72. The smallest absolute Gasteiger partial charge is 0.440 e. The molecule has 0 radical (unpaired) electrons. The van der Waals surface area contributed by atoms with Gasteiger partial charge in [-0.05, 0) is 31.2 Å². The van der Waals surface area contributed by atoms with Crippen LogP contribution in [0.3, 0.4) is 0 Å². The van der Waals surface area contributed by atoms with Gasteiger partial charge in [-0.2, -0.15) is 13.2 Å². The number of amides is 4. The topological polar surface area (TPSA) is 87.7 Å². The highest BCUT2D eigenvalue weighted by Crippen LogP contribution is 2.36. The molecule has 1 fully saturated rings. The average molecular weight is 366 g/mol. The number of hydrogen-bond donors (Lipinski definition) is 2. The fourth-order valence-electron chi connectivity index (χ4n) is 2.02. The van der Waals surface area contributed by atoms with E-state index in [1.54, 1.807) is 0 Å². The summed E-state index contributed by atoms with van der Waals surface area (Å²) in [6.45, 7) is 1.15. The molecular formula is C13H11ClF3N3O4. The number of nitrogens with one attached hydrogen (secondary N) is 2. The molecule has 1 heterocycles. The molecule has 0 aromatic heterocycles. The van der Waals surface area contributed by atoms with Crippen molar-refractivity contribution in [2.75, 3.05) is 11.5 Å². The highest BCUT2D eigenvalue weighted by atomic mass is 35.5. The molecule has 1 unspecified atom stereocenters. The van der Waals surface area contributed by atoms with Crippen LogP contribution in [0.4, 0.5) is 28.4 Å². The van der Waals surface area contributed by atoms with E-state index >= 15 is 0 Å². The summed E-state index contributed by atoms with van der Waals surface area (Å²) in [5.74, 6) is -1.71. The van der Waals surface area contributed by atoms with Crippen LogP contribution in [0.1, 0.15) is 6.92 Å². The van der Waals surface area contributed by atoms with Gasteiger partial charge in [-0.15, -0.1) is 0 Å². The number of nitrogens with zero attached hydrogens (tertiary/aromatic N) is 1. The van der Waals surface area contributed by atoms with E-state index < -0.39 is 29.9 Å². The lowest BCUT2D eigenvalue weighted by atomic mass is 10.1. The highest BCUT2D eigenvalue weighted by molar-refractivity contribution is 6.31. The zero-order chi connectivity index (χ0) is 18.1. The second-order valence-electron chi connectivity index (χ2n) is 4.64. The number of hydrogen-bond acceptors (Lipinski definition) is 4. The third kappa shape index (κ3) is 2.96. The van der Waals surface area contributed by atoms with Crippen molar-refractivity contribution in [3.63, 3.8) is 0 Å². The summed E-state index contributed by atoms with van der Waals surface area (Å²) in [6.07, 6.45) is -6.80. The summed E-state index contributed by atoms with van der Waals surface area (Å²) in [4.78, 5) is 35.9. The first kappa shape index (κ1) is 17.9. The number of alkyl carbamates (subject to hydrolysis) is 1. The van der Waals surface area contributed by atoms with Gasteiger partial charge in [-0.1, -0.05) is 11.6 Å². The summed E-state index contributed by atoms with van der Waals surface area (Å²) in [5, 5.41) is 3.13. The Hall–Kier alpha value is -2.49. The number of halogens is 4. The number of alkyl halides is 3. The van der Waals surface area contributed by atoms with Crippen molar-refractivity contribution in [1.82, 2.24) is 10.6 Å². The lowest BCUT2D eigenvalue weighted by Crippen LogP contribution is -2.69. The van der Waals surface area contributed by atoms with Gasteiger partial charge in [0.2, 0.25) is 0 Å². The maximum absolute atomic E-state index is 13.4. The molecule has 1 aromatic rings. The van der Waals surface area contributed by atoms with Crippen LogP contribution in [0, 0.1) is 0 Å². The Bertz CT molecular complexity index is 680. The Kier molecular flexibility index (Phi) is 4.61. The fourth-order valence-corrected chi connectivity index (χ4v) is 2.15. The van der Waals surface area contributed by atoms with Crippen LogP contribution in [0.2, 0.25) is 5.02 Å². The van der Waals surface area contributed by atoms with Gasteiger partial charge in [-0.25, -0.2) is 14.5 Å². The van der Waals surface area contributed by atoms with E-state index in [1.165, 1.54) is 41.8 Å². The van der Waals surface area contributed by atoms with Crippen LogP contribution in [0.15, 0.2) is 24.3 Å². The fraction of sp³-hybridized carbons (Fsp3) is 0.308. The minimum atomic E-state index is -5.30. The summed E-state index contributed by atoms with van der Waals surface area (Å²) in [7, 11) is 0. The summed E-state index contributed by atoms with van der Waals surface area (Å²) < 4.78 is 44.7. The molecule has 24 heavy (non-hydrogen) atoms. The van der Waals surface area contributed by atoms with Crippen molar-refractivity contribution < 1.29 is 32.3 Å². The number of carbonyl (C=O) groups excluding carboxylic acids is 3. The zero-order valence-electron chi connectivity index (χ0n) is 12.1. The van der Waals surface area contributed by atoms with E-state index in [2.05, 4.69) is 4.74 Å². The molecule has 11 heteroatoms. The number of carbonyl (C=O) groups is 3. The van der Waals surface area contributed by atoms with Gasteiger partial charge < -0.3 is 4.74 Å². The van der Waals surface area contributed by atoms with E-state index in [-0.39, 0.29) is 22.2 Å². The largest absolute Gasteiger partial charge is 0.450 e. The summed E-state index contributed by atoms with van der Waals surface area (Å²) in [5.41, 5.74) is -3.76. The lowest BCUT2D eigenvalue weighted by Gasteiger charge is -2.29. The van der Waals surface area contributed by atoms with Crippen LogP contribution in [-0.2, 0) is 9.53 Å². The standard InChI is InChI=1S/C13H11ClF3N3O4/c1-2-24-11(23)19-12(13(15,16)17)9(21)20(10(22)18-12)8-5-3-7(14)4-6-8/h3-6H,2H2,1H3,(H,18,22)(H,19,23). The molecule has 0 bridgehead atoms. The Balaban J connectivity index is 2.43. The Labute approximate surface area is 138 Å². The molecule has 0 saturated carbocycles. The van der Waals surface area contributed by atoms with Gasteiger partial charge in [0.15, 0.2) is 0 Å². The van der Waals surface area contributed by atoms with E-state index in [0.29, 0.717) is 0 Å². The molecule has 1 aliphatic rings. The first-order chi connectivity index (χ1) is 11.1. The van der Waals surface area contributed by atoms with Gasteiger partial charge >= 0.3 is 18.3 Å². The van der Waals surface area contributed by atoms with E-state index in [0.717, 1.165) is 0 Å². The summed E-state index contributed by atoms with van der Waals surface area (Å²) in [6, 6.07) is 3.62. The Morgan fingerprint density at radius 3 is 2.42 bits per heavy atom. The number of urea groups is 1. The lowest BCUT2D eigenvalue weighted by molar-refractivity contribution is -0.197. The molecule has 130 valence electrons. The molecule has 1 atom stereocenters. The van der Waals surface area contributed by atoms with Gasteiger partial charge in [0.1, 0.15) is 0 Å². The molecule has 1 aromatic carbocycles. The number of rotatable bonds is 3. The number of ether oxygens (including phenoxy) is 1. The summed E-state index contributed by atoms with van der Waals surface area (Å²) >= 11 is 5.67. The minimum Gasteiger partial charge on any atom is -0.450 e. The van der Waals surface area contributed by atoms with Crippen molar-refractivity contribution in [3.8, 4) is 0 Å². The normalized spacial score (nSPS) is 20.8. The predicted molar refractivity (Wildman–Crippen MR) is 76.4 cm³/mol. The first-order valence-electron chi connectivity index (χ1n) is 6.56. The van der Waals surface area contributed by atoms with Crippen LogP contribution >= 0.6 is 11.6 Å². The van der Waals surface area contributed by atoms with E-state index in [9.17, 15) is 27.6 Å². The molecule has 1 saturated heterocycles. The van der Waals surface area contributed by atoms with E-state index in [4.69, 9.17) is 11.6 Å². The monoisotopic (exact) mass is 365 g/mol. The molecule has 0 aliphatic carbocycles. The van der Waals surface area contributed by atoms with Gasteiger partial charge in [0.05, 0.1) is 12.3 Å². The predicted octanol–water partition coefficient (Wildman–Crippen LogP) is 2.40. The maximum atomic E-state index is 13.4.